The Balaban J connectivity index is 1.36. The maximum atomic E-state index is 10.6. The first-order valence-corrected chi connectivity index (χ1v) is 11.1. The van der Waals surface area contributed by atoms with Crippen molar-refractivity contribution in [1.29, 1.82) is 0 Å². The second-order valence-corrected chi connectivity index (χ2v) is 8.21. The van der Waals surface area contributed by atoms with Gasteiger partial charge in [0, 0.05) is 34.6 Å². The van der Waals surface area contributed by atoms with Crippen molar-refractivity contribution in [3.8, 4) is 11.8 Å². The molecule has 0 radical (unpaired) electrons. The Bertz CT molecular complexity index is 1300. The fourth-order valence-corrected chi connectivity index (χ4v) is 3.88. The molecule has 1 atom stereocenters. The van der Waals surface area contributed by atoms with E-state index in [0.29, 0.717) is 18.8 Å². The van der Waals surface area contributed by atoms with E-state index in [1.807, 2.05) is 72.8 Å². The molecule has 1 aromatic heterocycles. The highest BCUT2D eigenvalue weighted by Gasteiger charge is 2.26. The molecule has 6 nitrogen and oxygen atoms in total. The van der Waals surface area contributed by atoms with Crippen LogP contribution in [0.1, 0.15) is 18.4 Å². The lowest BCUT2D eigenvalue weighted by Gasteiger charge is -2.27. The molecule has 33 heavy (non-hydrogen) atoms. The van der Waals surface area contributed by atoms with Gasteiger partial charge in [-0.05, 0) is 74.0 Å². The summed E-state index contributed by atoms with van der Waals surface area (Å²) >= 11 is 0. The van der Waals surface area contributed by atoms with Crippen molar-refractivity contribution in [3.05, 3.63) is 84.7 Å². The van der Waals surface area contributed by atoms with Crippen molar-refractivity contribution in [3.63, 3.8) is 0 Å². The monoisotopic (exact) mass is 435 g/mol. The van der Waals surface area contributed by atoms with E-state index in [4.69, 9.17) is 0 Å². The minimum absolute atomic E-state index is 0.499. The number of hydrogen-bond acceptors (Lipinski definition) is 6. The zero-order valence-electron chi connectivity index (χ0n) is 18.2. The number of β-amino-alcohol motifs (C(OH)–C–C–N with tert-alkyl or cyclic N) is 1. The highest BCUT2D eigenvalue weighted by Crippen LogP contribution is 2.26. The number of aromatic nitrogens is 2. The number of benzene rings is 3. The van der Waals surface area contributed by atoms with Gasteiger partial charge in [0.15, 0.2) is 0 Å². The van der Waals surface area contributed by atoms with E-state index in [1.165, 1.54) is 0 Å². The Morgan fingerprint density at radius 3 is 2.39 bits per heavy atom. The number of piperidine rings is 1. The van der Waals surface area contributed by atoms with E-state index in [0.717, 1.165) is 46.5 Å². The summed E-state index contributed by atoms with van der Waals surface area (Å²) in [5, 5.41) is 21.5. The van der Waals surface area contributed by atoms with Gasteiger partial charge in [-0.25, -0.2) is 9.97 Å². The summed E-state index contributed by atoms with van der Waals surface area (Å²) in [7, 11) is 0. The van der Waals surface area contributed by atoms with Crippen molar-refractivity contribution in [2.75, 3.05) is 23.7 Å². The third-order valence-corrected chi connectivity index (χ3v) is 5.65. The molecule has 0 aliphatic carbocycles. The summed E-state index contributed by atoms with van der Waals surface area (Å²) in [4.78, 5) is 8.83. The maximum absolute atomic E-state index is 10.6. The SMILES string of the molecule is OC1(C#Cc2ccc3ncnc(Nc4ccc(Nc5ccccc5)cc4)c3c2)CCCNC1. The molecule has 0 amide bonds. The van der Waals surface area contributed by atoms with Gasteiger partial charge in [-0.2, -0.15) is 0 Å². The van der Waals surface area contributed by atoms with Crippen LogP contribution in [0.25, 0.3) is 10.9 Å². The minimum atomic E-state index is -0.975. The van der Waals surface area contributed by atoms with Crippen LogP contribution in [0.5, 0.6) is 0 Å². The van der Waals surface area contributed by atoms with Crippen LogP contribution >= 0.6 is 0 Å². The molecular weight excluding hydrogens is 410 g/mol. The van der Waals surface area contributed by atoms with Crippen molar-refractivity contribution < 1.29 is 5.11 Å². The highest BCUT2D eigenvalue weighted by atomic mass is 16.3. The fourth-order valence-electron chi connectivity index (χ4n) is 3.88. The summed E-state index contributed by atoms with van der Waals surface area (Å²) in [6.07, 6.45) is 3.16. The van der Waals surface area contributed by atoms with Crippen LogP contribution in [0.2, 0.25) is 0 Å². The molecule has 1 unspecified atom stereocenters. The molecule has 0 bridgehead atoms. The molecule has 0 spiro atoms. The summed E-state index contributed by atoms with van der Waals surface area (Å²) in [5.74, 6) is 6.90. The van der Waals surface area contributed by atoms with Crippen LogP contribution in [0.15, 0.2) is 79.1 Å². The van der Waals surface area contributed by atoms with Crippen LogP contribution in [-0.2, 0) is 0 Å². The van der Waals surface area contributed by atoms with Crippen LogP contribution in [0, 0.1) is 11.8 Å². The maximum Gasteiger partial charge on any atom is 0.141 e. The van der Waals surface area contributed by atoms with E-state index >= 15 is 0 Å². The lowest BCUT2D eigenvalue weighted by atomic mass is 9.94. The molecule has 1 aliphatic rings. The van der Waals surface area contributed by atoms with Gasteiger partial charge in [-0.15, -0.1) is 0 Å². The van der Waals surface area contributed by atoms with Gasteiger partial charge >= 0.3 is 0 Å². The molecule has 4 aromatic rings. The minimum Gasteiger partial charge on any atom is -0.376 e. The molecule has 5 rings (SSSR count). The lowest BCUT2D eigenvalue weighted by Crippen LogP contribution is -2.44. The van der Waals surface area contributed by atoms with Crippen molar-refractivity contribution in [1.82, 2.24) is 15.3 Å². The van der Waals surface area contributed by atoms with Gasteiger partial charge in [0.25, 0.3) is 0 Å². The quantitative estimate of drug-likeness (QED) is 0.351. The highest BCUT2D eigenvalue weighted by molar-refractivity contribution is 5.91. The molecule has 3 aromatic carbocycles. The van der Waals surface area contributed by atoms with Gasteiger partial charge in [0.1, 0.15) is 17.7 Å². The van der Waals surface area contributed by atoms with E-state index in [2.05, 4.69) is 37.8 Å². The van der Waals surface area contributed by atoms with Crippen LogP contribution in [0.4, 0.5) is 22.9 Å². The Labute approximate surface area is 193 Å². The molecule has 1 saturated heterocycles. The first-order chi connectivity index (χ1) is 16.2. The van der Waals surface area contributed by atoms with Gasteiger partial charge in [0.2, 0.25) is 0 Å². The number of para-hydroxylation sites is 1. The number of nitrogens with zero attached hydrogens (tertiary/aromatic N) is 2. The molecule has 0 saturated carbocycles. The average molecular weight is 436 g/mol. The third-order valence-electron chi connectivity index (χ3n) is 5.65. The van der Waals surface area contributed by atoms with Crippen LogP contribution in [0.3, 0.4) is 0 Å². The smallest absolute Gasteiger partial charge is 0.141 e. The Hall–Kier alpha value is -3.92. The number of hydrogen-bond donors (Lipinski definition) is 4. The summed E-state index contributed by atoms with van der Waals surface area (Å²) in [6, 6.07) is 24.0. The molecular formula is C27H25N5O. The summed E-state index contributed by atoms with van der Waals surface area (Å²) in [5.41, 5.74) is 3.65. The Kier molecular flexibility index (Phi) is 5.90. The van der Waals surface area contributed by atoms with Crippen LogP contribution < -0.4 is 16.0 Å². The molecule has 2 heterocycles. The Morgan fingerprint density at radius 1 is 0.879 bits per heavy atom. The molecule has 6 heteroatoms. The second kappa shape index (κ2) is 9.29. The van der Waals surface area contributed by atoms with Crippen molar-refractivity contribution in [2.24, 2.45) is 0 Å². The normalized spacial score (nSPS) is 17.7. The number of aliphatic hydroxyl groups is 1. The van der Waals surface area contributed by atoms with Crippen molar-refractivity contribution in [2.45, 2.75) is 18.4 Å². The molecule has 164 valence electrons. The average Bonchev–Trinajstić information content (AvgIpc) is 2.85. The van der Waals surface area contributed by atoms with Gasteiger partial charge in [-0.1, -0.05) is 30.0 Å². The van der Waals surface area contributed by atoms with Gasteiger partial charge in [0.05, 0.1) is 5.52 Å². The first kappa shape index (κ1) is 21.0. The fraction of sp³-hybridized carbons (Fsp3) is 0.185. The van der Waals surface area contributed by atoms with E-state index < -0.39 is 5.60 Å². The zero-order valence-corrected chi connectivity index (χ0v) is 18.2. The molecule has 1 fully saturated rings. The standard InChI is InChI=1S/C27H25N5O/c33-27(14-4-16-28-18-27)15-13-20-7-12-25-24(17-20)26(30-19-29-25)32-23-10-8-22(9-11-23)31-21-5-2-1-3-6-21/h1-3,5-12,17,19,28,31,33H,4,14,16,18H2,(H,29,30,32). The largest absolute Gasteiger partial charge is 0.376 e. The van der Waals surface area contributed by atoms with E-state index in [9.17, 15) is 5.11 Å². The van der Waals surface area contributed by atoms with E-state index in [-0.39, 0.29) is 0 Å². The van der Waals surface area contributed by atoms with Gasteiger partial charge in [-0.3, -0.25) is 0 Å². The van der Waals surface area contributed by atoms with Crippen molar-refractivity contribution >= 4 is 33.8 Å². The molecule has 4 N–H and O–H groups in total. The first-order valence-electron chi connectivity index (χ1n) is 11.1. The second-order valence-electron chi connectivity index (χ2n) is 8.21. The predicted molar refractivity (Wildman–Crippen MR) is 133 cm³/mol. The number of nitrogens with one attached hydrogen (secondary N) is 3. The van der Waals surface area contributed by atoms with Gasteiger partial charge < -0.3 is 21.1 Å². The topological polar surface area (TPSA) is 82.1 Å². The summed E-state index contributed by atoms with van der Waals surface area (Å²) < 4.78 is 0. The number of rotatable bonds is 4. The zero-order chi connectivity index (χ0) is 22.5. The van der Waals surface area contributed by atoms with E-state index in [1.54, 1.807) is 6.33 Å². The lowest BCUT2D eigenvalue weighted by molar-refractivity contribution is 0.0736. The molecule has 1 aliphatic heterocycles. The van der Waals surface area contributed by atoms with Crippen LogP contribution in [-0.4, -0.2) is 33.8 Å². The number of anilines is 4. The third kappa shape index (κ3) is 5.12. The predicted octanol–water partition coefficient (Wildman–Crippen LogP) is 4.58. The summed E-state index contributed by atoms with van der Waals surface area (Å²) in [6.45, 7) is 1.42. The Morgan fingerprint density at radius 2 is 1.64 bits per heavy atom. The number of fused-ring (bicyclic) bond motifs is 1.